The Morgan fingerprint density at radius 1 is 1.54 bits per heavy atom. The molecule has 1 aliphatic heterocycles. The zero-order valence-electron chi connectivity index (χ0n) is 7.19. The largest absolute Gasteiger partial charge is 0.371 e. The SMILES string of the molecule is CC(Sc1nn[nH]n1)C1=NCCN1. The number of H-pyrrole nitrogens is 1. The van der Waals surface area contributed by atoms with E-state index in [-0.39, 0.29) is 5.25 Å². The molecule has 0 aliphatic carbocycles. The number of tetrazole rings is 1. The number of hydrogen-bond donors (Lipinski definition) is 2. The lowest BCUT2D eigenvalue weighted by molar-refractivity contribution is 0.881. The highest BCUT2D eigenvalue weighted by molar-refractivity contribution is 8.00. The van der Waals surface area contributed by atoms with Crippen LogP contribution in [-0.2, 0) is 0 Å². The van der Waals surface area contributed by atoms with Gasteiger partial charge in [-0.15, -0.1) is 10.2 Å². The third kappa shape index (κ3) is 1.97. The van der Waals surface area contributed by atoms with Crippen LogP contribution in [0.2, 0.25) is 0 Å². The van der Waals surface area contributed by atoms with E-state index in [1.165, 1.54) is 11.8 Å². The number of hydrogen-bond acceptors (Lipinski definition) is 6. The Morgan fingerprint density at radius 3 is 3.08 bits per heavy atom. The summed E-state index contributed by atoms with van der Waals surface area (Å²) >= 11 is 1.54. The zero-order chi connectivity index (χ0) is 9.10. The fourth-order valence-corrected chi connectivity index (χ4v) is 1.87. The number of nitrogens with zero attached hydrogens (tertiary/aromatic N) is 4. The van der Waals surface area contributed by atoms with E-state index in [9.17, 15) is 0 Å². The molecule has 2 heterocycles. The molecule has 0 saturated carbocycles. The molecule has 2 rings (SSSR count). The van der Waals surface area contributed by atoms with Crippen LogP contribution in [0.1, 0.15) is 6.92 Å². The molecule has 0 radical (unpaired) electrons. The number of thioether (sulfide) groups is 1. The minimum atomic E-state index is 0.264. The topological polar surface area (TPSA) is 78.8 Å². The van der Waals surface area contributed by atoms with E-state index in [0.717, 1.165) is 18.9 Å². The van der Waals surface area contributed by atoms with Gasteiger partial charge < -0.3 is 5.32 Å². The molecule has 1 aromatic heterocycles. The third-order valence-electron chi connectivity index (χ3n) is 1.69. The first-order valence-electron chi connectivity index (χ1n) is 4.04. The molecule has 1 aliphatic rings. The number of aliphatic imine (C=N–C) groups is 1. The lowest BCUT2D eigenvalue weighted by Crippen LogP contribution is -2.27. The summed E-state index contributed by atoms with van der Waals surface area (Å²) in [6, 6.07) is 0. The molecular formula is C6H10N6S. The van der Waals surface area contributed by atoms with Crippen molar-refractivity contribution in [2.45, 2.75) is 17.3 Å². The van der Waals surface area contributed by atoms with Crippen molar-refractivity contribution in [3.8, 4) is 0 Å². The predicted molar refractivity (Wildman–Crippen MR) is 49.8 cm³/mol. The summed E-state index contributed by atoms with van der Waals surface area (Å²) in [6.45, 7) is 3.87. The fourth-order valence-electron chi connectivity index (χ4n) is 1.10. The monoisotopic (exact) mass is 198 g/mol. The first kappa shape index (κ1) is 8.49. The second-order valence-electron chi connectivity index (χ2n) is 2.65. The molecule has 6 nitrogen and oxygen atoms in total. The lowest BCUT2D eigenvalue weighted by atomic mass is 10.4. The molecule has 0 aromatic carbocycles. The first-order valence-corrected chi connectivity index (χ1v) is 4.92. The zero-order valence-corrected chi connectivity index (χ0v) is 8.01. The van der Waals surface area contributed by atoms with Crippen molar-refractivity contribution in [3.63, 3.8) is 0 Å². The van der Waals surface area contributed by atoms with Crippen LogP contribution in [0.4, 0.5) is 0 Å². The van der Waals surface area contributed by atoms with Crippen LogP contribution in [0.15, 0.2) is 10.1 Å². The van der Waals surface area contributed by atoms with Crippen LogP contribution in [0.25, 0.3) is 0 Å². The Balaban J connectivity index is 1.95. The van der Waals surface area contributed by atoms with Crippen LogP contribution in [0.5, 0.6) is 0 Å². The maximum absolute atomic E-state index is 4.31. The molecule has 2 N–H and O–H groups in total. The molecule has 1 aromatic rings. The minimum Gasteiger partial charge on any atom is -0.371 e. The highest BCUT2D eigenvalue weighted by Crippen LogP contribution is 2.18. The molecule has 13 heavy (non-hydrogen) atoms. The summed E-state index contributed by atoms with van der Waals surface area (Å²) in [4.78, 5) is 4.31. The Kier molecular flexibility index (Phi) is 2.44. The quantitative estimate of drug-likeness (QED) is 0.651. The molecular weight excluding hydrogens is 188 g/mol. The van der Waals surface area contributed by atoms with Crippen LogP contribution >= 0.6 is 11.8 Å². The molecule has 1 unspecified atom stereocenters. The van der Waals surface area contributed by atoms with Crippen LogP contribution in [-0.4, -0.2) is 44.8 Å². The van der Waals surface area contributed by atoms with Gasteiger partial charge in [-0.1, -0.05) is 11.8 Å². The Bertz CT molecular complexity index is 294. The third-order valence-corrected chi connectivity index (χ3v) is 2.65. The van der Waals surface area contributed by atoms with E-state index >= 15 is 0 Å². The molecule has 0 amide bonds. The average molecular weight is 198 g/mol. The van der Waals surface area contributed by atoms with Gasteiger partial charge in [0, 0.05) is 6.54 Å². The summed E-state index contributed by atoms with van der Waals surface area (Å²) in [6.07, 6.45) is 0. The summed E-state index contributed by atoms with van der Waals surface area (Å²) < 4.78 is 0. The predicted octanol–water partition coefficient (Wildman–Crippen LogP) is -0.318. The second-order valence-corrected chi connectivity index (χ2v) is 3.96. The molecule has 70 valence electrons. The van der Waals surface area contributed by atoms with Gasteiger partial charge in [-0.2, -0.15) is 5.21 Å². The molecule has 0 bridgehead atoms. The van der Waals surface area contributed by atoms with Crippen molar-refractivity contribution in [2.75, 3.05) is 13.1 Å². The van der Waals surface area contributed by atoms with E-state index in [4.69, 9.17) is 0 Å². The van der Waals surface area contributed by atoms with Gasteiger partial charge >= 0.3 is 0 Å². The van der Waals surface area contributed by atoms with Gasteiger partial charge in [0.15, 0.2) is 0 Å². The van der Waals surface area contributed by atoms with Gasteiger partial charge in [0.05, 0.1) is 11.8 Å². The van der Waals surface area contributed by atoms with Crippen LogP contribution < -0.4 is 5.32 Å². The number of nitrogens with one attached hydrogen (secondary N) is 2. The van der Waals surface area contributed by atoms with E-state index < -0.39 is 0 Å². The van der Waals surface area contributed by atoms with Crippen molar-refractivity contribution in [2.24, 2.45) is 4.99 Å². The summed E-state index contributed by atoms with van der Waals surface area (Å²) in [5.74, 6) is 1.02. The molecule has 0 spiro atoms. The molecule has 1 atom stereocenters. The van der Waals surface area contributed by atoms with Gasteiger partial charge in [0.25, 0.3) is 0 Å². The normalized spacial score (nSPS) is 18.1. The maximum atomic E-state index is 4.31. The standard InChI is InChI=1S/C6H10N6S/c1-4(5-7-2-3-8-5)13-6-9-11-12-10-6/h4H,2-3H2,1H3,(H,7,8)(H,9,10,11,12). The number of rotatable bonds is 3. The van der Waals surface area contributed by atoms with E-state index in [1.807, 2.05) is 0 Å². The van der Waals surface area contributed by atoms with Crippen molar-refractivity contribution in [3.05, 3.63) is 0 Å². The number of amidine groups is 1. The molecule has 7 heteroatoms. The van der Waals surface area contributed by atoms with Gasteiger partial charge in [-0.05, 0) is 12.1 Å². The Hall–Kier alpha value is -1.11. The molecule has 0 saturated heterocycles. The summed E-state index contributed by atoms with van der Waals surface area (Å²) in [7, 11) is 0. The highest BCUT2D eigenvalue weighted by atomic mass is 32.2. The van der Waals surface area contributed by atoms with Gasteiger partial charge in [0.2, 0.25) is 5.16 Å². The van der Waals surface area contributed by atoms with Gasteiger partial charge in [0.1, 0.15) is 5.84 Å². The van der Waals surface area contributed by atoms with Crippen molar-refractivity contribution in [1.29, 1.82) is 0 Å². The summed E-state index contributed by atoms with van der Waals surface area (Å²) in [5.41, 5.74) is 0. The van der Waals surface area contributed by atoms with Crippen molar-refractivity contribution >= 4 is 17.6 Å². The second kappa shape index (κ2) is 3.73. The Labute approximate surface area is 79.6 Å². The fraction of sp³-hybridized carbons (Fsp3) is 0.667. The van der Waals surface area contributed by atoms with E-state index in [2.05, 4.69) is 37.9 Å². The average Bonchev–Trinajstić information content (AvgIpc) is 2.74. The number of aromatic nitrogens is 4. The van der Waals surface area contributed by atoms with Crippen LogP contribution in [0.3, 0.4) is 0 Å². The van der Waals surface area contributed by atoms with Gasteiger partial charge in [-0.25, -0.2) is 0 Å². The summed E-state index contributed by atoms with van der Waals surface area (Å²) in [5, 5.41) is 17.8. The minimum absolute atomic E-state index is 0.264. The van der Waals surface area contributed by atoms with E-state index in [0.29, 0.717) is 5.16 Å². The van der Waals surface area contributed by atoms with Crippen molar-refractivity contribution < 1.29 is 0 Å². The first-order chi connectivity index (χ1) is 6.36. The van der Waals surface area contributed by atoms with Crippen molar-refractivity contribution in [1.82, 2.24) is 25.9 Å². The van der Waals surface area contributed by atoms with Gasteiger partial charge in [-0.3, -0.25) is 4.99 Å². The number of aromatic amines is 1. The molecule has 0 fully saturated rings. The lowest BCUT2D eigenvalue weighted by Gasteiger charge is -2.08. The smallest absolute Gasteiger partial charge is 0.231 e. The Morgan fingerprint density at radius 2 is 2.46 bits per heavy atom. The van der Waals surface area contributed by atoms with Crippen LogP contribution in [0, 0.1) is 0 Å². The highest BCUT2D eigenvalue weighted by Gasteiger charge is 2.16. The van der Waals surface area contributed by atoms with E-state index in [1.54, 1.807) is 0 Å². The maximum Gasteiger partial charge on any atom is 0.231 e.